The van der Waals surface area contributed by atoms with E-state index in [1.807, 2.05) is 0 Å². The van der Waals surface area contributed by atoms with Crippen molar-refractivity contribution in [1.29, 1.82) is 0 Å². The van der Waals surface area contributed by atoms with Crippen LogP contribution in [0.3, 0.4) is 0 Å². The number of amides is 2. The number of rotatable bonds is 9. The average molecular weight is 450 g/mol. The molecule has 1 aromatic heterocycles. The van der Waals surface area contributed by atoms with Crippen molar-refractivity contribution in [3.63, 3.8) is 0 Å². The van der Waals surface area contributed by atoms with E-state index in [0.717, 1.165) is 0 Å². The molecule has 3 rings (SSSR count). The molecule has 1 heterocycles. The fraction of sp³-hybridized carbons (Fsp3) is 0.150. The zero-order valence-electron chi connectivity index (χ0n) is 15.6. The molecule has 0 aliphatic heterocycles. The SMILES string of the molecule is O=C(CSCc1csc(NC(=O)COc2ccccc2F)n1)Nc1ccc(F)cc1. The summed E-state index contributed by atoms with van der Waals surface area (Å²) in [6.45, 7) is -0.339. The van der Waals surface area contributed by atoms with Gasteiger partial charge >= 0.3 is 0 Å². The number of nitrogens with zero attached hydrogens (tertiary/aromatic N) is 1. The lowest BCUT2D eigenvalue weighted by molar-refractivity contribution is -0.118. The van der Waals surface area contributed by atoms with E-state index in [0.29, 0.717) is 22.3 Å². The molecule has 0 saturated carbocycles. The molecule has 0 fully saturated rings. The highest BCUT2D eigenvalue weighted by atomic mass is 32.2. The second-order valence-corrected chi connectivity index (χ2v) is 7.80. The summed E-state index contributed by atoms with van der Waals surface area (Å²) < 4.78 is 31.5. The first-order valence-electron chi connectivity index (χ1n) is 8.74. The van der Waals surface area contributed by atoms with Gasteiger partial charge in [0.1, 0.15) is 5.82 Å². The van der Waals surface area contributed by atoms with Gasteiger partial charge in [0.25, 0.3) is 5.91 Å². The Balaban J connectivity index is 1.38. The Morgan fingerprint density at radius 1 is 1.03 bits per heavy atom. The number of anilines is 2. The maximum absolute atomic E-state index is 13.5. The van der Waals surface area contributed by atoms with E-state index >= 15 is 0 Å². The van der Waals surface area contributed by atoms with E-state index in [4.69, 9.17) is 4.74 Å². The Hall–Kier alpha value is -2.98. The van der Waals surface area contributed by atoms with Gasteiger partial charge < -0.3 is 10.1 Å². The van der Waals surface area contributed by atoms with Crippen molar-refractivity contribution in [1.82, 2.24) is 4.98 Å². The van der Waals surface area contributed by atoms with Gasteiger partial charge in [-0.3, -0.25) is 14.9 Å². The van der Waals surface area contributed by atoms with Crippen LogP contribution in [0.15, 0.2) is 53.9 Å². The summed E-state index contributed by atoms with van der Waals surface area (Å²) in [5.41, 5.74) is 1.24. The van der Waals surface area contributed by atoms with E-state index in [-0.39, 0.29) is 29.8 Å². The quantitative estimate of drug-likeness (QED) is 0.509. The third-order valence-electron chi connectivity index (χ3n) is 3.60. The first kappa shape index (κ1) is 21.7. The van der Waals surface area contributed by atoms with E-state index in [1.54, 1.807) is 11.4 Å². The van der Waals surface area contributed by atoms with Crippen LogP contribution in [-0.4, -0.2) is 29.2 Å². The van der Waals surface area contributed by atoms with Crippen LogP contribution in [0.5, 0.6) is 5.75 Å². The van der Waals surface area contributed by atoms with Gasteiger partial charge in [-0.05, 0) is 36.4 Å². The van der Waals surface area contributed by atoms with Gasteiger partial charge in [-0.25, -0.2) is 13.8 Å². The summed E-state index contributed by atoms with van der Waals surface area (Å²) in [5, 5.41) is 7.43. The van der Waals surface area contributed by atoms with Crippen LogP contribution in [0.25, 0.3) is 0 Å². The number of nitrogens with one attached hydrogen (secondary N) is 2. The highest BCUT2D eigenvalue weighted by Crippen LogP contribution is 2.20. The highest BCUT2D eigenvalue weighted by molar-refractivity contribution is 7.99. The minimum Gasteiger partial charge on any atom is -0.481 e. The Morgan fingerprint density at radius 3 is 2.57 bits per heavy atom. The summed E-state index contributed by atoms with van der Waals surface area (Å²) in [7, 11) is 0. The number of thiazole rings is 1. The molecule has 0 aliphatic carbocycles. The van der Waals surface area contributed by atoms with Gasteiger partial charge in [-0.15, -0.1) is 23.1 Å². The topological polar surface area (TPSA) is 80.3 Å². The Labute approximate surface area is 179 Å². The lowest BCUT2D eigenvalue weighted by Crippen LogP contribution is -2.20. The maximum Gasteiger partial charge on any atom is 0.264 e. The molecule has 30 heavy (non-hydrogen) atoms. The summed E-state index contributed by atoms with van der Waals surface area (Å²) in [6.07, 6.45) is 0. The molecule has 2 N–H and O–H groups in total. The number of carbonyl (C=O) groups excluding carboxylic acids is 2. The van der Waals surface area contributed by atoms with Crippen LogP contribution in [0.4, 0.5) is 19.6 Å². The number of para-hydroxylation sites is 1. The number of carbonyl (C=O) groups is 2. The third kappa shape index (κ3) is 6.82. The Morgan fingerprint density at radius 2 is 1.80 bits per heavy atom. The predicted octanol–water partition coefficient (Wildman–Crippen LogP) is 4.31. The molecular formula is C20H17F2N3O3S2. The second-order valence-electron chi connectivity index (χ2n) is 5.96. The summed E-state index contributed by atoms with van der Waals surface area (Å²) in [5.74, 6) is -0.883. The zero-order valence-corrected chi connectivity index (χ0v) is 17.2. The van der Waals surface area contributed by atoms with Crippen LogP contribution in [0, 0.1) is 11.6 Å². The minimum absolute atomic E-state index is 0.00258. The third-order valence-corrected chi connectivity index (χ3v) is 5.38. The molecule has 6 nitrogen and oxygen atoms in total. The minimum atomic E-state index is -0.540. The standard InChI is InChI=1S/C20H17F2N3O3S2/c21-13-5-7-14(8-6-13)23-19(27)12-29-10-15-11-30-20(24-15)25-18(26)9-28-17-4-2-1-3-16(17)22/h1-8,11H,9-10,12H2,(H,23,27)(H,24,25,26). The fourth-order valence-corrected chi connectivity index (χ4v) is 3.82. The molecule has 0 spiro atoms. The van der Waals surface area contributed by atoms with E-state index in [1.165, 1.54) is 65.6 Å². The number of ether oxygens (including phenoxy) is 1. The second kappa shape index (κ2) is 10.7. The first-order valence-corrected chi connectivity index (χ1v) is 10.8. The molecule has 0 saturated heterocycles. The number of halogens is 2. The Kier molecular flexibility index (Phi) is 7.75. The van der Waals surface area contributed by atoms with Crippen molar-refractivity contribution in [2.24, 2.45) is 0 Å². The predicted molar refractivity (Wildman–Crippen MR) is 114 cm³/mol. The monoisotopic (exact) mass is 449 g/mol. The lowest BCUT2D eigenvalue weighted by atomic mass is 10.3. The molecular weight excluding hydrogens is 432 g/mol. The van der Waals surface area contributed by atoms with Gasteiger partial charge in [0.2, 0.25) is 5.91 Å². The number of benzene rings is 2. The average Bonchev–Trinajstić information content (AvgIpc) is 3.16. The van der Waals surface area contributed by atoms with Crippen LogP contribution >= 0.6 is 23.1 Å². The smallest absolute Gasteiger partial charge is 0.264 e. The molecule has 10 heteroatoms. The largest absolute Gasteiger partial charge is 0.481 e. The maximum atomic E-state index is 13.5. The normalized spacial score (nSPS) is 10.5. The van der Waals surface area contributed by atoms with Crippen molar-refractivity contribution in [2.75, 3.05) is 23.0 Å². The molecule has 0 unspecified atom stereocenters. The van der Waals surface area contributed by atoms with Crippen LogP contribution in [0.1, 0.15) is 5.69 Å². The van der Waals surface area contributed by atoms with Gasteiger partial charge in [-0.2, -0.15) is 0 Å². The molecule has 2 amide bonds. The van der Waals surface area contributed by atoms with Crippen LogP contribution in [0.2, 0.25) is 0 Å². The zero-order chi connectivity index (χ0) is 21.3. The number of hydrogen-bond donors (Lipinski definition) is 2. The summed E-state index contributed by atoms with van der Waals surface area (Å²) >= 11 is 2.60. The van der Waals surface area contributed by atoms with Gasteiger partial charge in [-0.1, -0.05) is 12.1 Å². The van der Waals surface area contributed by atoms with E-state index in [9.17, 15) is 18.4 Å². The Bertz CT molecular complexity index is 1010. The van der Waals surface area contributed by atoms with Crippen molar-refractivity contribution >= 4 is 45.7 Å². The molecule has 0 atom stereocenters. The number of aromatic nitrogens is 1. The van der Waals surface area contributed by atoms with Crippen molar-refractivity contribution in [2.45, 2.75) is 5.75 Å². The van der Waals surface area contributed by atoms with E-state index in [2.05, 4.69) is 15.6 Å². The van der Waals surface area contributed by atoms with E-state index < -0.39 is 11.7 Å². The molecule has 0 aliphatic rings. The molecule has 3 aromatic rings. The van der Waals surface area contributed by atoms with Crippen LogP contribution < -0.4 is 15.4 Å². The molecule has 0 radical (unpaired) electrons. The van der Waals surface area contributed by atoms with Crippen molar-refractivity contribution in [3.05, 3.63) is 71.2 Å². The first-order chi connectivity index (χ1) is 14.5. The summed E-state index contributed by atoms with van der Waals surface area (Å²) in [4.78, 5) is 28.1. The van der Waals surface area contributed by atoms with Crippen molar-refractivity contribution < 1.29 is 23.1 Å². The fourth-order valence-electron chi connectivity index (χ4n) is 2.27. The highest BCUT2D eigenvalue weighted by Gasteiger charge is 2.10. The lowest BCUT2D eigenvalue weighted by Gasteiger charge is -2.06. The van der Waals surface area contributed by atoms with Crippen molar-refractivity contribution in [3.8, 4) is 5.75 Å². The number of hydrogen-bond acceptors (Lipinski definition) is 6. The number of thioether (sulfide) groups is 1. The summed E-state index contributed by atoms with van der Waals surface area (Å²) in [6, 6.07) is 11.4. The van der Waals surface area contributed by atoms with Gasteiger partial charge in [0.05, 0.1) is 11.4 Å². The van der Waals surface area contributed by atoms with Gasteiger partial charge in [0, 0.05) is 16.8 Å². The molecule has 156 valence electrons. The molecule has 2 aromatic carbocycles. The molecule has 0 bridgehead atoms. The van der Waals surface area contributed by atoms with Crippen LogP contribution in [-0.2, 0) is 15.3 Å². The van der Waals surface area contributed by atoms with Gasteiger partial charge in [0.15, 0.2) is 23.3 Å².